The van der Waals surface area contributed by atoms with Gasteiger partial charge < -0.3 is 10.3 Å². The van der Waals surface area contributed by atoms with Crippen LogP contribution in [-0.2, 0) is 13.0 Å². The number of aromatic amines is 1. The Labute approximate surface area is 102 Å². The second kappa shape index (κ2) is 5.64. The average Bonchev–Trinajstić information content (AvgIpc) is 2.85. The maximum atomic E-state index is 4.40. The van der Waals surface area contributed by atoms with Crippen molar-refractivity contribution in [2.24, 2.45) is 0 Å². The number of aryl methyl sites for hydroxylation is 1. The standard InChI is InChI=1S/C14H19N3/c1-3-11-5-7-12(8-6-11)14-16-10-13(17-14)9-15-4-2/h5-8,10,15H,3-4,9H2,1-2H3,(H,16,17). The number of benzene rings is 1. The molecule has 3 nitrogen and oxygen atoms in total. The van der Waals surface area contributed by atoms with Gasteiger partial charge >= 0.3 is 0 Å². The molecule has 17 heavy (non-hydrogen) atoms. The van der Waals surface area contributed by atoms with Gasteiger partial charge in [-0.2, -0.15) is 0 Å². The van der Waals surface area contributed by atoms with E-state index in [2.05, 4.69) is 53.4 Å². The fourth-order valence-corrected chi connectivity index (χ4v) is 1.75. The van der Waals surface area contributed by atoms with Crippen LogP contribution in [0.4, 0.5) is 0 Å². The molecular formula is C14H19N3. The molecule has 0 saturated carbocycles. The minimum atomic E-state index is 0.844. The van der Waals surface area contributed by atoms with Crippen molar-refractivity contribution in [3.63, 3.8) is 0 Å². The molecule has 0 radical (unpaired) electrons. The first kappa shape index (κ1) is 11.9. The van der Waals surface area contributed by atoms with Crippen LogP contribution in [-0.4, -0.2) is 16.5 Å². The van der Waals surface area contributed by atoms with Gasteiger partial charge in [-0.15, -0.1) is 0 Å². The molecule has 2 rings (SSSR count). The molecule has 3 heteroatoms. The zero-order chi connectivity index (χ0) is 12.1. The van der Waals surface area contributed by atoms with Gasteiger partial charge in [0.05, 0.1) is 0 Å². The number of nitrogens with one attached hydrogen (secondary N) is 2. The third-order valence-corrected chi connectivity index (χ3v) is 2.83. The Bertz CT molecular complexity index is 457. The van der Waals surface area contributed by atoms with Crippen LogP contribution in [0.2, 0.25) is 0 Å². The monoisotopic (exact) mass is 229 g/mol. The zero-order valence-electron chi connectivity index (χ0n) is 10.5. The zero-order valence-corrected chi connectivity index (χ0v) is 10.5. The van der Waals surface area contributed by atoms with Crippen molar-refractivity contribution in [3.8, 4) is 11.4 Å². The van der Waals surface area contributed by atoms with Gasteiger partial charge in [-0.1, -0.05) is 38.1 Å². The first-order valence-corrected chi connectivity index (χ1v) is 6.17. The van der Waals surface area contributed by atoms with Crippen molar-refractivity contribution in [1.82, 2.24) is 15.3 Å². The Kier molecular flexibility index (Phi) is 3.94. The molecule has 0 bridgehead atoms. The summed E-state index contributed by atoms with van der Waals surface area (Å²) in [6, 6.07) is 8.55. The fraction of sp³-hybridized carbons (Fsp3) is 0.357. The van der Waals surface area contributed by atoms with Crippen LogP contribution in [0.15, 0.2) is 30.5 Å². The van der Waals surface area contributed by atoms with Crippen LogP contribution < -0.4 is 5.32 Å². The molecule has 0 atom stereocenters. The highest BCUT2D eigenvalue weighted by molar-refractivity contribution is 5.55. The van der Waals surface area contributed by atoms with E-state index < -0.39 is 0 Å². The Morgan fingerprint density at radius 1 is 1.18 bits per heavy atom. The lowest BCUT2D eigenvalue weighted by molar-refractivity contribution is 0.714. The number of hydrogen-bond acceptors (Lipinski definition) is 2. The average molecular weight is 229 g/mol. The van der Waals surface area contributed by atoms with Gasteiger partial charge in [0, 0.05) is 24.0 Å². The van der Waals surface area contributed by atoms with Crippen molar-refractivity contribution in [1.29, 1.82) is 0 Å². The summed E-state index contributed by atoms with van der Waals surface area (Å²) in [5.74, 6) is 0.945. The topological polar surface area (TPSA) is 40.7 Å². The van der Waals surface area contributed by atoms with E-state index in [1.54, 1.807) is 0 Å². The van der Waals surface area contributed by atoms with E-state index in [1.807, 2.05) is 6.20 Å². The third kappa shape index (κ3) is 2.94. The predicted molar refractivity (Wildman–Crippen MR) is 70.8 cm³/mol. The van der Waals surface area contributed by atoms with E-state index >= 15 is 0 Å². The van der Waals surface area contributed by atoms with Gasteiger partial charge in [0.25, 0.3) is 0 Å². The van der Waals surface area contributed by atoms with Gasteiger partial charge in [-0.3, -0.25) is 0 Å². The lowest BCUT2D eigenvalue weighted by atomic mass is 10.1. The van der Waals surface area contributed by atoms with Crippen molar-refractivity contribution >= 4 is 0 Å². The van der Waals surface area contributed by atoms with Crippen LogP contribution in [0.3, 0.4) is 0 Å². The number of aromatic nitrogens is 2. The van der Waals surface area contributed by atoms with Crippen LogP contribution in [0.1, 0.15) is 25.1 Å². The number of rotatable bonds is 5. The van der Waals surface area contributed by atoms with Crippen molar-refractivity contribution in [2.75, 3.05) is 6.54 Å². The number of H-pyrrole nitrogens is 1. The van der Waals surface area contributed by atoms with Crippen LogP contribution in [0.5, 0.6) is 0 Å². The van der Waals surface area contributed by atoms with Gasteiger partial charge in [-0.05, 0) is 18.5 Å². The fourth-order valence-electron chi connectivity index (χ4n) is 1.75. The second-order valence-electron chi connectivity index (χ2n) is 4.09. The summed E-state index contributed by atoms with van der Waals surface area (Å²) in [5.41, 5.74) is 3.62. The van der Waals surface area contributed by atoms with E-state index in [-0.39, 0.29) is 0 Å². The molecule has 1 aromatic heterocycles. The number of hydrogen-bond donors (Lipinski definition) is 2. The largest absolute Gasteiger partial charge is 0.341 e. The predicted octanol–water partition coefficient (Wildman–Crippen LogP) is 2.75. The molecule has 2 N–H and O–H groups in total. The van der Waals surface area contributed by atoms with Gasteiger partial charge in [0.15, 0.2) is 0 Å². The SMILES string of the molecule is CCNCc1cnc(-c2ccc(CC)cc2)[nH]1. The highest BCUT2D eigenvalue weighted by Gasteiger charge is 2.02. The maximum absolute atomic E-state index is 4.40. The molecule has 0 spiro atoms. The highest BCUT2D eigenvalue weighted by Crippen LogP contribution is 2.16. The van der Waals surface area contributed by atoms with E-state index in [0.717, 1.165) is 36.6 Å². The molecule has 90 valence electrons. The second-order valence-corrected chi connectivity index (χ2v) is 4.09. The first-order valence-electron chi connectivity index (χ1n) is 6.17. The summed E-state index contributed by atoms with van der Waals surface area (Å²) in [6.45, 7) is 6.08. The van der Waals surface area contributed by atoms with E-state index in [1.165, 1.54) is 5.56 Å². The minimum absolute atomic E-state index is 0.844. The van der Waals surface area contributed by atoms with Crippen LogP contribution in [0.25, 0.3) is 11.4 Å². The summed E-state index contributed by atoms with van der Waals surface area (Å²) >= 11 is 0. The van der Waals surface area contributed by atoms with Gasteiger partial charge in [0.1, 0.15) is 5.82 Å². The molecule has 0 aliphatic carbocycles. The van der Waals surface area contributed by atoms with Crippen LogP contribution >= 0.6 is 0 Å². The molecule has 1 heterocycles. The summed E-state index contributed by atoms with van der Waals surface area (Å²) in [6.07, 6.45) is 2.97. The van der Waals surface area contributed by atoms with Crippen LogP contribution in [0, 0.1) is 0 Å². The molecule has 0 aliphatic heterocycles. The summed E-state index contributed by atoms with van der Waals surface area (Å²) in [5, 5.41) is 3.28. The lowest BCUT2D eigenvalue weighted by Gasteiger charge is -2.00. The van der Waals surface area contributed by atoms with Gasteiger partial charge in [-0.25, -0.2) is 4.98 Å². The lowest BCUT2D eigenvalue weighted by Crippen LogP contribution is -2.11. The molecule has 0 fully saturated rings. The van der Waals surface area contributed by atoms with Crippen molar-refractivity contribution < 1.29 is 0 Å². The Hall–Kier alpha value is -1.61. The molecule has 2 aromatic rings. The van der Waals surface area contributed by atoms with E-state index in [0.29, 0.717) is 0 Å². The molecule has 0 unspecified atom stereocenters. The Morgan fingerprint density at radius 3 is 2.59 bits per heavy atom. The third-order valence-electron chi connectivity index (χ3n) is 2.83. The quantitative estimate of drug-likeness (QED) is 0.827. The smallest absolute Gasteiger partial charge is 0.137 e. The molecule has 0 saturated heterocycles. The summed E-state index contributed by atoms with van der Waals surface area (Å²) < 4.78 is 0. The van der Waals surface area contributed by atoms with E-state index in [9.17, 15) is 0 Å². The Balaban J connectivity index is 2.12. The minimum Gasteiger partial charge on any atom is -0.341 e. The highest BCUT2D eigenvalue weighted by atomic mass is 15.0. The first-order chi connectivity index (χ1) is 8.33. The summed E-state index contributed by atoms with van der Waals surface area (Å²) in [7, 11) is 0. The van der Waals surface area contributed by atoms with Crippen molar-refractivity contribution in [3.05, 3.63) is 41.7 Å². The molecule has 0 amide bonds. The maximum Gasteiger partial charge on any atom is 0.137 e. The Morgan fingerprint density at radius 2 is 1.94 bits per heavy atom. The van der Waals surface area contributed by atoms with E-state index in [4.69, 9.17) is 0 Å². The summed E-state index contributed by atoms with van der Waals surface area (Å²) in [4.78, 5) is 7.73. The normalized spacial score (nSPS) is 10.7. The molecule has 1 aromatic carbocycles. The molecular weight excluding hydrogens is 210 g/mol. The molecule has 0 aliphatic rings. The number of nitrogens with zero attached hydrogens (tertiary/aromatic N) is 1. The van der Waals surface area contributed by atoms with Crippen molar-refractivity contribution in [2.45, 2.75) is 26.8 Å². The van der Waals surface area contributed by atoms with Gasteiger partial charge in [0.2, 0.25) is 0 Å². The number of imidazole rings is 1.